The summed E-state index contributed by atoms with van der Waals surface area (Å²) in [5, 5.41) is 0. The number of rotatable bonds is 2. The zero-order valence-electron chi connectivity index (χ0n) is 8.67. The Bertz CT molecular complexity index is 339. The lowest BCUT2D eigenvalue weighted by Crippen LogP contribution is -2.35. The molecular weight excluding hydrogens is 200 g/mol. The summed E-state index contributed by atoms with van der Waals surface area (Å²) in [7, 11) is -3.41. The van der Waals surface area contributed by atoms with Crippen LogP contribution in [0, 0.1) is 11.8 Å². The number of hydrogen-bond acceptors (Lipinski definition) is 3. The maximum Gasteiger partial charge on any atom is 0.265 e. The van der Waals surface area contributed by atoms with Crippen LogP contribution in [0.5, 0.6) is 0 Å². The second kappa shape index (κ2) is 4.33. The minimum Gasteiger partial charge on any atom is -0.250 e. The van der Waals surface area contributed by atoms with E-state index in [1.807, 2.05) is 0 Å². The molecule has 0 aliphatic heterocycles. The monoisotopic (exact) mass is 216 g/mol. The second-order valence-corrected chi connectivity index (χ2v) is 5.29. The summed E-state index contributed by atoms with van der Waals surface area (Å²) >= 11 is 0. The molecule has 3 nitrogen and oxygen atoms in total. The van der Waals surface area contributed by atoms with E-state index in [1.165, 1.54) is 0 Å². The fraction of sp³-hybridized carbons (Fsp3) is 0.800. The van der Waals surface area contributed by atoms with E-state index in [9.17, 15) is 8.42 Å². The Morgan fingerprint density at radius 1 is 1.21 bits per heavy atom. The first kappa shape index (κ1) is 11.5. The van der Waals surface area contributed by atoms with Crippen molar-refractivity contribution >= 4 is 10.1 Å². The molecule has 0 aromatic heterocycles. The highest BCUT2D eigenvalue weighted by Crippen LogP contribution is 2.32. The lowest BCUT2D eigenvalue weighted by molar-refractivity contribution is 0.0958. The van der Waals surface area contributed by atoms with Crippen molar-refractivity contribution in [2.75, 3.05) is 6.26 Å². The maximum absolute atomic E-state index is 11.1. The van der Waals surface area contributed by atoms with Crippen molar-refractivity contribution in [3.8, 4) is 11.8 Å². The van der Waals surface area contributed by atoms with Crippen LogP contribution in [0.1, 0.15) is 39.0 Å². The smallest absolute Gasteiger partial charge is 0.250 e. The van der Waals surface area contributed by atoms with E-state index >= 15 is 0 Å². The van der Waals surface area contributed by atoms with Crippen LogP contribution in [0.2, 0.25) is 0 Å². The molecule has 0 bridgehead atoms. The molecule has 0 aromatic carbocycles. The predicted octanol–water partition coefficient (Wildman–Crippen LogP) is 1.69. The molecule has 14 heavy (non-hydrogen) atoms. The first-order valence-electron chi connectivity index (χ1n) is 4.82. The SMILES string of the molecule is CC#CC1(OS(C)(=O)=O)CCCCC1. The van der Waals surface area contributed by atoms with Gasteiger partial charge in [-0.25, -0.2) is 0 Å². The largest absolute Gasteiger partial charge is 0.265 e. The first-order valence-corrected chi connectivity index (χ1v) is 6.64. The van der Waals surface area contributed by atoms with Crippen LogP contribution in [0.3, 0.4) is 0 Å². The summed E-state index contributed by atoms with van der Waals surface area (Å²) in [4.78, 5) is 0. The summed E-state index contributed by atoms with van der Waals surface area (Å²) in [6.45, 7) is 1.71. The molecule has 0 atom stereocenters. The molecule has 0 amide bonds. The molecule has 0 radical (unpaired) electrons. The van der Waals surface area contributed by atoms with Gasteiger partial charge in [-0.05, 0) is 32.6 Å². The van der Waals surface area contributed by atoms with E-state index in [0.29, 0.717) is 0 Å². The molecule has 0 unspecified atom stereocenters. The summed E-state index contributed by atoms with van der Waals surface area (Å²) < 4.78 is 27.3. The Kier molecular flexibility index (Phi) is 3.57. The highest BCUT2D eigenvalue weighted by molar-refractivity contribution is 7.86. The van der Waals surface area contributed by atoms with E-state index in [1.54, 1.807) is 6.92 Å². The van der Waals surface area contributed by atoms with E-state index in [-0.39, 0.29) is 0 Å². The lowest BCUT2D eigenvalue weighted by atomic mass is 9.85. The molecular formula is C10H16O3S. The standard InChI is InChI=1S/C10H16O3S/c1-3-7-10(13-14(2,11)12)8-5-4-6-9-10/h4-6,8-9H2,1-2H3. The van der Waals surface area contributed by atoms with Gasteiger partial charge in [0.05, 0.1) is 6.26 Å². The lowest BCUT2D eigenvalue weighted by Gasteiger charge is -2.30. The van der Waals surface area contributed by atoms with Gasteiger partial charge in [0.1, 0.15) is 5.60 Å². The summed E-state index contributed by atoms with van der Waals surface area (Å²) in [5.41, 5.74) is -0.736. The summed E-state index contributed by atoms with van der Waals surface area (Å²) in [6, 6.07) is 0. The number of hydrogen-bond donors (Lipinski definition) is 0. The van der Waals surface area contributed by atoms with Crippen LogP contribution in [0.15, 0.2) is 0 Å². The van der Waals surface area contributed by atoms with Gasteiger partial charge in [-0.15, -0.1) is 5.92 Å². The van der Waals surface area contributed by atoms with Crippen LogP contribution in [-0.4, -0.2) is 20.3 Å². The van der Waals surface area contributed by atoms with Crippen LogP contribution in [0.25, 0.3) is 0 Å². The molecule has 0 saturated heterocycles. The van der Waals surface area contributed by atoms with Gasteiger partial charge in [0, 0.05) is 0 Å². The molecule has 1 fully saturated rings. The molecule has 1 saturated carbocycles. The van der Waals surface area contributed by atoms with Gasteiger partial charge in [-0.1, -0.05) is 12.3 Å². The third-order valence-corrected chi connectivity index (χ3v) is 2.95. The van der Waals surface area contributed by atoms with Crippen LogP contribution < -0.4 is 0 Å². The molecule has 1 aliphatic rings. The van der Waals surface area contributed by atoms with E-state index in [0.717, 1.165) is 38.4 Å². The Hall–Kier alpha value is -0.530. The van der Waals surface area contributed by atoms with Crippen molar-refractivity contribution in [2.24, 2.45) is 0 Å². The Morgan fingerprint density at radius 3 is 2.21 bits per heavy atom. The molecule has 80 valence electrons. The summed E-state index contributed by atoms with van der Waals surface area (Å²) in [6.07, 6.45) is 5.65. The molecule has 1 rings (SSSR count). The third kappa shape index (κ3) is 3.32. The minimum atomic E-state index is -3.41. The quantitative estimate of drug-likeness (QED) is 0.521. The van der Waals surface area contributed by atoms with Crippen molar-refractivity contribution in [3.63, 3.8) is 0 Å². The fourth-order valence-corrected chi connectivity index (χ4v) is 2.66. The molecule has 4 heteroatoms. The highest BCUT2D eigenvalue weighted by atomic mass is 32.2. The average molecular weight is 216 g/mol. The van der Waals surface area contributed by atoms with Crippen LogP contribution in [0.4, 0.5) is 0 Å². The van der Waals surface area contributed by atoms with Gasteiger partial charge < -0.3 is 0 Å². The maximum atomic E-state index is 11.1. The molecule has 0 aromatic rings. The second-order valence-electron chi connectivity index (χ2n) is 3.72. The topological polar surface area (TPSA) is 43.4 Å². The van der Waals surface area contributed by atoms with Gasteiger partial charge in [0.25, 0.3) is 10.1 Å². The minimum absolute atomic E-state index is 0.723. The van der Waals surface area contributed by atoms with Crippen molar-refractivity contribution in [2.45, 2.75) is 44.6 Å². The van der Waals surface area contributed by atoms with E-state index < -0.39 is 15.7 Å². The molecule has 1 aliphatic carbocycles. The average Bonchev–Trinajstić information content (AvgIpc) is 2.02. The van der Waals surface area contributed by atoms with Gasteiger partial charge in [-0.3, -0.25) is 4.18 Å². The zero-order chi connectivity index (χ0) is 10.7. The van der Waals surface area contributed by atoms with E-state index in [2.05, 4.69) is 11.8 Å². The van der Waals surface area contributed by atoms with Crippen molar-refractivity contribution in [1.29, 1.82) is 0 Å². The first-order chi connectivity index (χ1) is 6.47. The predicted molar refractivity (Wildman–Crippen MR) is 55.2 cm³/mol. The van der Waals surface area contributed by atoms with Gasteiger partial charge in [0.2, 0.25) is 0 Å². The van der Waals surface area contributed by atoms with Crippen LogP contribution >= 0.6 is 0 Å². The summed E-state index contributed by atoms with van der Waals surface area (Å²) in [5.74, 6) is 5.66. The molecule has 0 spiro atoms. The van der Waals surface area contributed by atoms with Crippen LogP contribution in [-0.2, 0) is 14.3 Å². The Balaban J connectivity index is 2.84. The van der Waals surface area contributed by atoms with Gasteiger partial charge in [0.15, 0.2) is 0 Å². The van der Waals surface area contributed by atoms with Gasteiger partial charge in [-0.2, -0.15) is 8.42 Å². The van der Waals surface area contributed by atoms with E-state index in [4.69, 9.17) is 4.18 Å². The van der Waals surface area contributed by atoms with Crippen molar-refractivity contribution < 1.29 is 12.6 Å². The Labute approximate surface area is 86.0 Å². The van der Waals surface area contributed by atoms with Crippen molar-refractivity contribution in [3.05, 3.63) is 0 Å². The highest BCUT2D eigenvalue weighted by Gasteiger charge is 2.34. The molecule has 0 heterocycles. The molecule has 0 N–H and O–H groups in total. The zero-order valence-corrected chi connectivity index (χ0v) is 9.49. The normalized spacial score (nSPS) is 21.0. The Morgan fingerprint density at radius 2 is 1.79 bits per heavy atom. The fourth-order valence-electron chi connectivity index (χ4n) is 1.87. The van der Waals surface area contributed by atoms with Gasteiger partial charge >= 0.3 is 0 Å². The third-order valence-electron chi connectivity index (χ3n) is 2.32. The van der Waals surface area contributed by atoms with Crippen molar-refractivity contribution in [1.82, 2.24) is 0 Å².